The summed E-state index contributed by atoms with van der Waals surface area (Å²) in [6.45, 7) is 3.41. The van der Waals surface area contributed by atoms with Crippen LogP contribution in [0.15, 0.2) is 63.4 Å². The summed E-state index contributed by atoms with van der Waals surface area (Å²) in [6, 6.07) is 12.8. The van der Waals surface area contributed by atoms with Crippen LogP contribution in [0.4, 0.5) is 8.78 Å². The highest BCUT2D eigenvalue weighted by Crippen LogP contribution is 2.28. The summed E-state index contributed by atoms with van der Waals surface area (Å²) in [6.07, 6.45) is 0. The van der Waals surface area contributed by atoms with Gasteiger partial charge in [0.05, 0.1) is 10.6 Å². The quantitative estimate of drug-likeness (QED) is 0.475. The number of halogens is 2. The molecule has 24 heavy (non-hydrogen) atoms. The number of hydrogen-bond acceptors (Lipinski definition) is 4. The molecule has 0 amide bonds. The van der Waals surface area contributed by atoms with Crippen LogP contribution in [0.25, 0.3) is 0 Å². The Labute approximate surface area is 144 Å². The molecule has 0 bridgehead atoms. The van der Waals surface area contributed by atoms with Crippen LogP contribution < -0.4 is 4.83 Å². The molecule has 0 aliphatic carbocycles. The predicted octanol–water partition coefficient (Wildman–Crippen LogP) is 4.01. The molecule has 2 aromatic carbocycles. The molecular weight excluding hydrogens is 354 g/mol. The Bertz CT molecular complexity index is 835. The SMILES string of the molecule is C/C(=N\NS(=O)(=O)c1ccc(C)cc1)c1ccccc1SC(F)F. The Kier molecular flexibility index (Phi) is 5.95. The molecule has 2 aromatic rings. The monoisotopic (exact) mass is 370 g/mol. The van der Waals surface area contributed by atoms with Gasteiger partial charge >= 0.3 is 0 Å². The van der Waals surface area contributed by atoms with Gasteiger partial charge in [-0.1, -0.05) is 47.7 Å². The van der Waals surface area contributed by atoms with Crippen LogP contribution in [0.1, 0.15) is 18.1 Å². The van der Waals surface area contributed by atoms with E-state index in [1.54, 1.807) is 43.3 Å². The molecule has 0 saturated heterocycles. The van der Waals surface area contributed by atoms with Crippen molar-refractivity contribution in [3.8, 4) is 0 Å². The van der Waals surface area contributed by atoms with Crippen molar-refractivity contribution in [2.75, 3.05) is 0 Å². The van der Waals surface area contributed by atoms with Gasteiger partial charge in [-0.3, -0.25) is 0 Å². The van der Waals surface area contributed by atoms with Crippen LogP contribution in [0, 0.1) is 6.92 Å². The largest absolute Gasteiger partial charge is 0.288 e. The molecule has 0 spiro atoms. The Morgan fingerprint density at radius 3 is 2.38 bits per heavy atom. The average molecular weight is 370 g/mol. The van der Waals surface area contributed by atoms with Gasteiger partial charge in [-0.2, -0.15) is 27.1 Å². The van der Waals surface area contributed by atoms with Gasteiger partial charge in [-0.25, -0.2) is 0 Å². The first-order valence-corrected chi connectivity index (χ1v) is 9.33. The van der Waals surface area contributed by atoms with Gasteiger partial charge in [-0.05, 0) is 32.0 Å². The van der Waals surface area contributed by atoms with Gasteiger partial charge in [0.2, 0.25) is 0 Å². The van der Waals surface area contributed by atoms with Crippen molar-refractivity contribution in [3.63, 3.8) is 0 Å². The molecule has 0 heterocycles. The first-order valence-electron chi connectivity index (χ1n) is 6.96. The van der Waals surface area contributed by atoms with E-state index < -0.39 is 15.8 Å². The molecular formula is C16H16F2N2O2S2. The second kappa shape index (κ2) is 7.76. The Morgan fingerprint density at radius 1 is 1.12 bits per heavy atom. The topological polar surface area (TPSA) is 58.5 Å². The maximum absolute atomic E-state index is 12.6. The summed E-state index contributed by atoms with van der Waals surface area (Å²) in [5.41, 5.74) is 1.69. The number of hydrazone groups is 1. The van der Waals surface area contributed by atoms with Gasteiger partial charge in [0.1, 0.15) is 0 Å². The van der Waals surface area contributed by atoms with E-state index >= 15 is 0 Å². The third kappa shape index (κ3) is 4.78. The van der Waals surface area contributed by atoms with E-state index in [9.17, 15) is 17.2 Å². The number of aryl methyl sites for hydroxylation is 1. The van der Waals surface area contributed by atoms with Gasteiger partial charge in [-0.15, -0.1) is 0 Å². The van der Waals surface area contributed by atoms with E-state index in [1.807, 2.05) is 6.92 Å². The number of thioether (sulfide) groups is 1. The van der Waals surface area contributed by atoms with Gasteiger partial charge in [0.25, 0.3) is 15.8 Å². The Hall–Kier alpha value is -1.93. The Morgan fingerprint density at radius 2 is 1.75 bits per heavy atom. The molecule has 0 radical (unpaired) electrons. The summed E-state index contributed by atoms with van der Waals surface area (Å²) in [5, 5.41) is 3.85. The van der Waals surface area contributed by atoms with Crippen LogP contribution in [0.2, 0.25) is 0 Å². The first-order chi connectivity index (χ1) is 11.3. The maximum atomic E-state index is 12.6. The van der Waals surface area contributed by atoms with Crippen LogP contribution >= 0.6 is 11.8 Å². The minimum absolute atomic E-state index is 0.0832. The number of alkyl halides is 2. The molecule has 0 saturated carbocycles. The molecule has 0 unspecified atom stereocenters. The second-order valence-electron chi connectivity index (χ2n) is 4.98. The summed E-state index contributed by atoms with van der Waals surface area (Å²) in [7, 11) is -3.81. The zero-order chi connectivity index (χ0) is 17.7. The smallest absolute Gasteiger partial charge is 0.200 e. The van der Waals surface area contributed by atoms with Crippen molar-refractivity contribution in [2.45, 2.75) is 29.4 Å². The first kappa shape index (κ1) is 18.4. The average Bonchev–Trinajstić information content (AvgIpc) is 2.53. The van der Waals surface area contributed by atoms with E-state index in [-0.39, 0.29) is 4.90 Å². The molecule has 0 atom stereocenters. The fourth-order valence-electron chi connectivity index (χ4n) is 1.92. The van der Waals surface area contributed by atoms with Gasteiger partial charge in [0.15, 0.2) is 0 Å². The molecule has 2 rings (SSSR count). The third-order valence-electron chi connectivity index (χ3n) is 3.16. The van der Waals surface area contributed by atoms with Crippen LogP contribution in [-0.2, 0) is 10.0 Å². The second-order valence-corrected chi connectivity index (χ2v) is 7.67. The Balaban J connectivity index is 2.24. The number of rotatable bonds is 6. The molecule has 0 aromatic heterocycles. The van der Waals surface area contributed by atoms with Gasteiger partial charge in [0, 0.05) is 10.5 Å². The number of benzene rings is 2. The summed E-state index contributed by atoms with van der Waals surface area (Å²) in [4.78, 5) is 2.56. The zero-order valence-electron chi connectivity index (χ0n) is 13.0. The lowest BCUT2D eigenvalue weighted by Gasteiger charge is -2.09. The van der Waals surface area contributed by atoms with Gasteiger partial charge < -0.3 is 0 Å². The van der Waals surface area contributed by atoms with Crippen LogP contribution in [0.3, 0.4) is 0 Å². The molecule has 128 valence electrons. The van der Waals surface area contributed by atoms with Crippen molar-refractivity contribution in [1.29, 1.82) is 0 Å². The standard InChI is InChI=1S/C16H16F2N2O2S2/c1-11-7-9-13(10-8-11)24(21,22)20-19-12(2)14-5-3-4-6-15(14)23-16(17)18/h3-10,16,20H,1-2H3/b19-12+. The predicted molar refractivity (Wildman–Crippen MR) is 92.0 cm³/mol. The van der Waals surface area contributed by atoms with E-state index in [1.165, 1.54) is 12.1 Å². The molecule has 0 aliphatic heterocycles. The lowest BCUT2D eigenvalue weighted by Crippen LogP contribution is -2.20. The fourth-order valence-corrected chi connectivity index (χ4v) is 3.47. The van der Waals surface area contributed by atoms with E-state index in [0.717, 1.165) is 5.56 Å². The van der Waals surface area contributed by atoms with E-state index in [0.29, 0.717) is 27.9 Å². The number of sulfonamides is 1. The molecule has 1 N–H and O–H groups in total. The zero-order valence-corrected chi connectivity index (χ0v) is 14.7. The highest BCUT2D eigenvalue weighted by atomic mass is 32.2. The number of nitrogens with zero attached hydrogens (tertiary/aromatic N) is 1. The molecule has 0 aliphatic rings. The summed E-state index contributed by atoms with van der Waals surface area (Å²) < 4.78 is 49.6. The highest BCUT2D eigenvalue weighted by Gasteiger charge is 2.14. The van der Waals surface area contributed by atoms with Crippen LogP contribution in [0.5, 0.6) is 0 Å². The lowest BCUT2D eigenvalue weighted by molar-refractivity contribution is 0.252. The molecule has 0 fully saturated rings. The molecule has 8 heteroatoms. The summed E-state index contributed by atoms with van der Waals surface area (Å²) in [5.74, 6) is -2.57. The van der Waals surface area contributed by atoms with Crippen molar-refractivity contribution in [1.82, 2.24) is 4.83 Å². The maximum Gasteiger partial charge on any atom is 0.288 e. The van der Waals surface area contributed by atoms with E-state index in [4.69, 9.17) is 0 Å². The molecule has 4 nitrogen and oxygen atoms in total. The summed E-state index contributed by atoms with van der Waals surface area (Å²) >= 11 is 0.393. The number of hydrogen-bond donors (Lipinski definition) is 1. The minimum atomic E-state index is -3.81. The van der Waals surface area contributed by atoms with Crippen molar-refractivity contribution < 1.29 is 17.2 Å². The fraction of sp³-hybridized carbons (Fsp3) is 0.188. The lowest BCUT2D eigenvalue weighted by atomic mass is 10.1. The van der Waals surface area contributed by atoms with Crippen molar-refractivity contribution in [2.24, 2.45) is 5.10 Å². The third-order valence-corrected chi connectivity index (χ3v) is 5.17. The van der Waals surface area contributed by atoms with Crippen molar-refractivity contribution in [3.05, 3.63) is 59.7 Å². The highest BCUT2D eigenvalue weighted by molar-refractivity contribution is 7.99. The number of nitrogens with one attached hydrogen (secondary N) is 1. The van der Waals surface area contributed by atoms with Crippen molar-refractivity contribution >= 4 is 27.5 Å². The van der Waals surface area contributed by atoms with E-state index in [2.05, 4.69) is 9.93 Å². The minimum Gasteiger partial charge on any atom is -0.200 e. The van der Waals surface area contributed by atoms with Crippen LogP contribution in [-0.4, -0.2) is 19.9 Å². The normalized spacial score (nSPS) is 12.5.